The molecule has 2 N–H and O–H groups in total. The number of nitrogens with zero attached hydrogens (tertiary/aromatic N) is 2. The first-order valence-corrected chi connectivity index (χ1v) is 12.0. The summed E-state index contributed by atoms with van der Waals surface area (Å²) in [5.74, 6) is -0.963. The summed E-state index contributed by atoms with van der Waals surface area (Å²) in [6.07, 6.45) is 2.08. The molecule has 0 aromatic heterocycles. The molecule has 0 radical (unpaired) electrons. The summed E-state index contributed by atoms with van der Waals surface area (Å²) in [7, 11) is -4.06. The van der Waals surface area contributed by atoms with Crippen LogP contribution in [0.25, 0.3) is 0 Å². The van der Waals surface area contributed by atoms with Crippen LogP contribution >= 0.6 is 0 Å². The molecule has 8 nitrogen and oxygen atoms in total. The van der Waals surface area contributed by atoms with Crippen LogP contribution < -0.4 is 10.0 Å². The van der Waals surface area contributed by atoms with Gasteiger partial charge in [0.15, 0.2) is 0 Å². The molecule has 0 bridgehead atoms. The third kappa shape index (κ3) is 5.43. The number of benzene rings is 2. The van der Waals surface area contributed by atoms with Gasteiger partial charge in [0.1, 0.15) is 5.82 Å². The van der Waals surface area contributed by atoms with Crippen molar-refractivity contribution in [3.8, 4) is 0 Å². The molecule has 2 aromatic rings. The van der Waals surface area contributed by atoms with Crippen LogP contribution in [-0.2, 0) is 14.8 Å². The van der Waals surface area contributed by atoms with E-state index in [0.717, 1.165) is 18.9 Å². The van der Waals surface area contributed by atoms with E-state index in [2.05, 4.69) is 10.0 Å². The summed E-state index contributed by atoms with van der Waals surface area (Å²) in [5, 5.41) is 2.95. The second-order valence-electron chi connectivity index (χ2n) is 8.02. The van der Waals surface area contributed by atoms with Gasteiger partial charge in [0.2, 0.25) is 5.91 Å². The normalized spacial score (nSPS) is 17.1. The van der Waals surface area contributed by atoms with E-state index in [1.807, 2.05) is 4.90 Å². The van der Waals surface area contributed by atoms with Gasteiger partial charge in [-0.1, -0.05) is 18.2 Å². The minimum absolute atomic E-state index is 0.00698. The van der Waals surface area contributed by atoms with Crippen molar-refractivity contribution >= 4 is 27.5 Å². The van der Waals surface area contributed by atoms with Gasteiger partial charge in [-0.15, -0.1) is 0 Å². The zero-order chi connectivity index (χ0) is 22.7. The van der Waals surface area contributed by atoms with Crippen LogP contribution in [0.1, 0.15) is 23.2 Å². The lowest BCUT2D eigenvalue weighted by molar-refractivity contribution is -0.122. The number of carbonyl (C=O) groups is 2. The average molecular weight is 461 g/mol. The van der Waals surface area contributed by atoms with Crippen molar-refractivity contribution in [3.63, 3.8) is 0 Å². The second-order valence-corrected chi connectivity index (χ2v) is 9.71. The Kier molecular flexibility index (Phi) is 6.43. The summed E-state index contributed by atoms with van der Waals surface area (Å²) in [5.41, 5.74) is 0.0763. The molecule has 1 saturated carbocycles. The maximum Gasteiger partial charge on any atom is 0.262 e. The number of para-hydroxylation sites is 1. The lowest BCUT2D eigenvalue weighted by Gasteiger charge is -2.34. The minimum Gasteiger partial charge on any atom is -0.352 e. The number of piperazine rings is 1. The van der Waals surface area contributed by atoms with Crippen LogP contribution in [0.5, 0.6) is 0 Å². The second kappa shape index (κ2) is 9.25. The zero-order valence-corrected chi connectivity index (χ0v) is 18.3. The highest BCUT2D eigenvalue weighted by Crippen LogP contribution is 2.21. The number of hydrogen-bond acceptors (Lipinski definition) is 5. The van der Waals surface area contributed by atoms with E-state index < -0.39 is 15.8 Å². The van der Waals surface area contributed by atoms with Crippen molar-refractivity contribution in [1.29, 1.82) is 0 Å². The molecular weight excluding hydrogens is 435 g/mol. The molecule has 4 rings (SSSR count). The van der Waals surface area contributed by atoms with Crippen molar-refractivity contribution in [2.75, 3.05) is 37.4 Å². The molecule has 2 aromatic carbocycles. The number of nitrogens with one attached hydrogen (secondary N) is 2. The predicted molar refractivity (Wildman–Crippen MR) is 117 cm³/mol. The number of amides is 2. The van der Waals surface area contributed by atoms with E-state index in [9.17, 15) is 22.4 Å². The van der Waals surface area contributed by atoms with Gasteiger partial charge in [-0.2, -0.15) is 0 Å². The molecule has 0 atom stereocenters. The summed E-state index contributed by atoms with van der Waals surface area (Å²) < 4.78 is 41.4. The fourth-order valence-corrected chi connectivity index (χ4v) is 4.65. The quantitative estimate of drug-likeness (QED) is 0.655. The van der Waals surface area contributed by atoms with E-state index in [1.165, 1.54) is 36.4 Å². The lowest BCUT2D eigenvalue weighted by Crippen LogP contribution is -2.51. The Hall–Kier alpha value is -2.98. The Balaban J connectivity index is 1.38. The summed E-state index contributed by atoms with van der Waals surface area (Å²) >= 11 is 0. The largest absolute Gasteiger partial charge is 0.352 e. The highest BCUT2D eigenvalue weighted by Gasteiger charge is 2.27. The molecule has 1 aliphatic carbocycles. The Morgan fingerprint density at radius 2 is 1.72 bits per heavy atom. The van der Waals surface area contributed by atoms with Gasteiger partial charge in [0, 0.05) is 37.8 Å². The van der Waals surface area contributed by atoms with Gasteiger partial charge in [-0.3, -0.25) is 19.2 Å². The number of anilines is 1. The third-order valence-electron chi connectivity index (χ3n) is 5.48. The number of carbonyl (C=O) groups excluding carboxylic acids is 2. The number of rotatable bonds is 7. The molecular formula is C22H25FN4O4S. The molecule has 2 aliphatic rings. The SMILES string of the molecule is O=C(CN1CCN(C(=O)c2cccc(S(=O)(=O)Nc3ccccc3F)c2)CC1)NC1CC1. The lowest BCUT2D eigenvalue weighted by atomic mass is 10.2. The molecule has 1 aliphatic heterocycles. The predicted octanol–water partition coefficient (Wildman–Crippen LogP) is 1.66. The number of sulfonamides is 1. The molecule has 32 heavy (non-hydrogen) atoms. The van der Waals surface area contributed by atoms with Crippen LogP contribution in [0.4, 0.5) is 10.1 Å². The van der Waals surface area contributed by atoms with Crippen LogP contribution in [0.15, 0.2) is 53.4 Å². The summed E-state index contributed by atoms with van der Waals surface area (Å²) in [6.45, 7) is 2.33. The van der Waals surface area contributed by atoms with Gasteiger partial charge in [-0.05, 0) is 43.2 Å². The van der Waals surface area contributed by atoms with E-state index in [0.29, 0.717) is 38.8 Å². The van der Waals surface area contributed by atoms with Crippen LogP contribution in [0.3, 0.4) is 0 Å². The van der Waals surface area contributed by atoms with Crippen LogP contribution in [0, 0.1) is 5.82 Å². The molecule has 0 spiro atoms. The molecule has 170 valence electrons. The van der Waals surface area contributed by atoms with E-state index in [-0.39, 0.29) is 28.0 Å². The monoisotopic (exact) mass is 460 g/mol. The highest BCUT2D eigenvalue weighted by molar-refractivity contribution is 7.92. The fourth-order valence-electron chi connectivity index (χ4n) is 3.54. The van der Waals surface area contributed by atoms with Crippen LogP contribution in [-0.4, -0.2) is 68.8 Å². The summed E-state index contributed by atoms with van der Waals surface area (Å²) in [4.78, 5) is 28.4. The first kappa shape index (κ1) is 22.2. The third-order valence-corrected chi connectivity index (χ3v) is 6.84. The maximum absolute atomic E-state index is 13.8. The summed E-state index contributed by atoms with van der Waals surface area (Å²) in [6, 6.07) is 11.5. The van der Waals surface area contributed by atoms with Gasteiger partial charge in [-0.25, -0.2) is 12.8 Å². The van der Waals surface area contributed by atoms with Gasteiger partial charge in [0.25, 0.3) is 15.9 Å². The fraction of sp³-hybridized carbons (Fsp3) is 0.364. The average Bonchev–Trinajstić information content (AvgIpc) is 3.59. The molecule has 1 saturated heterocycles. The standard InChI is InChI=1S/C22H25FN4O4S/c23-19-6-1-2-7-20(19)25-32(30,31)18-5-3-4-16(14-18)22(29)27-12-10-26(11-13-27)15-21(28)24-17-8-9-17/h1-7,14,17,25H,8-13,15H2,(H,24,28). The first-order valence-electron chi connectivity index (χ1n) is 10.5. The number of halogens is 1. The highest BCUT2D eigenvalue weighted by atomic mass is 32.2. The molecule has 10 heteroatoms. The Bertz CT molecular complexity index is 1110. The van der Waals surface area contributed by atoms with Gasteiger partial charge >= 0.3 is 0 Å². The van der Waals surface area contributed by atoms with E-state index in [4.69, 9.17) is 0 Å². The number of hydrogen-bond donors (Lipinski definition) is 2. The Morgan fingerprint density at radius 1 is 1.00 bits per heavy atom. The van der Waals surface area contributed by atoms with Crippen molar-refractivity contribution in [3.05, 3.63) is 59.9 Å². The zero-order valence-electron chi connectivity index (χ0n) is 17.5. The van der Waals surface area contributed by atoms with Crippen molar-refractivity contribution in [2.24, 2.45) is 0 Å². The maximum atomic E-state index is 13.8. The van der Waals surface area contributed by atoms with E-state index >= 15 is 0 Å². The molecule has 2 fully saturated rings. The minimum atomic E-state index is -4.06. The molecule has 0 unspecified atom stereocenters. The van der Waals surface area contributed by atoms with Crippen molar-refractivity contribution in [2.45, 2.75) is 23.8 Å². The topological polar surface area (TPSA) is 98.8 Å². The van der Waals surface area contributed by atoms with Gasteiger partial charge in [0.05, 0.1) is 17.1 Å². The van der Waals surface area contributed by atoms with Crippen LogP contribution in [0.2, 0.25) is 0 Å². The Morgan fingerprint density at radius 3 is 2.41 bits per heavy atom. The Labute approximate surface area is 186 Å². The van der Waals surface area contributed by atoms with Crippen molar-refractivity contribution < 1.29 is 22.4 Å². The van der Waals surface area contributed by atoms with Crippen molar-refractivity contribution in [1.82, 2.24) is 15.1 Å². The molecule has 1 heterocycles. The molecule has 2 amide bonds. The smallest absolute Gasteiger partial charge is 0.262 e. The van der Waals surface area contributed by atoms with Gasteiger partial charge < -0.3 is 10.2 Å². The first-order chi connectivity index (χ1) is 15.3. The van der Waals surface area contributed by atoms with E-state index in [1.54, 1.807) is 11.0 Å².